The van der Waals surface area contributed by atoms with Crippen molar-refractivity contribution in [3.63, 3.8) is 0 Å². The van der Waals surface area contributed by atoms with Gasteiger partial charge in [-0.3, -0.25) is 4.90 Å². The molecule has 0 aliphatic carbocycles. The molecule has 114 valence electrons. The standard InChI is InChI=1S/C17H17F2N3/c1-10-20-8-15-16(21-10)7-14-2-3-17(15)22(14)9-11-4-12(18)6-13(19)5-11/h4-6,8,14,17H,2-3,7,9H2,1H3/t14-,17+/m0/s1. The summed E-state index contributed by atoms with van der Waals surface area (Å²) in [7, 11) is 0. The largest absolute Gasteiger partial charge is 0.289 e. The third-order valence-electron chi connectivity index (χ3n) is 4.74. The molecule has 0 amide bonds. The molecule has 3 nitrogen and oxygen atoms in total. The van der Waals surface area contributed by atoms with E-state index in [1.54, 1.807) is 0 Å². The molecule has 1 saturated heterocycles. The van der Waals surface area contributed by atoms with Gasteiger partial charge < -0.3 is 0 Å². The Kier molecular flexibility index (Phi) is 3.18. The van der Waals surface area contributed by atoms with Crippen LogP contribution in [0.15, 0.2) is 24.4 Å². The predicted molar refractivity (Wildman–Crippen MR) is 78.1 cm³/mol. The van der Waals surface area contributed by atoms with Crippen molar-refractivity contribution in [1.82, 2.24) is 14.9 Å². The van der Waals surface area contributed by atoms with Gasteiger partial charge in [-0.1, -0.05) is 0 Å². The number of aryl methyl sites for hydroxylation is 1. The fourth-order valence-corrected chi connectivity index (χ4v) is 3.83. The van der Waals surface area contributed by atoms with Gasteiger partial charge in [-0.05, 0) is 37.5 Å². The van der Waals surface area contributed by atoms with Crippen LogP contribution in [-0.2, 0) is 13.0 Å². The minimum atomic E-state index is -0.515. The van der Waals surface area contributed by atoms with Crippen LogP contribution in [0.4, 0.5) is 8.78 Å². The van der Waals surface area contributed by atoms with Gasteiger partial charge in [0.1, 0.15) is 17.5 Å². The van der Waals surface area contributed by atoms with Crippen molar-refractivity contribution < 1.29 is 8.78 Å². The van der Waals surface area contributed by atoms with Crippen molar-refractivity contribution >= 4 is 0 Å². The van der Waals surface area contributed by atoms with Crippen molar-refractivity contribution in [1.29, 1.82) is 0 Å². The molecule has 2 bridgehead atoms. The van der Waals surface area contributed by atoms with Crippen molar-refractivity contribution in [3.8, 4) is 0 Å². The van der Waals surface area contributed by atoms with Gasteiger partial charge in [-0.2, -0.15) is 0 Å². The highest BCUT2D eigenvalue weighted by atomic mass is 19.1. The zero-order chi connectivity index (χ0) is 15.3. The molecule has 4 rings (SSSR count). The van der Waals surface area contributed by atoms with Gasteiger partial charge in [0.2, 0.25) is 0 Å². The summed E-state index contributed by atoms with van der Waals surface area (Å²) in [6, 6.07) is 4.42. The summed E-state index contributed by atoms with van der Waals surface area (Å²) in [4.78, 5) is 11.2. The van der Waals surface area contributed by atoms with E-state index in [9.17, 15) is 8.78 Å². The monoisotopic (exact) mass is 301 g/mol. The van der Waals surface area contributed by atoms with E-state index >= 15 is 0 Å². The molecule has 2 atom stereocenters. The molecule has 22 heavy (non-hydrogen) atoms. The Morgan fingerprint density at radius 3 is 2.73 bits per heavy atom. The molecule has 5 heteroatoms. The number of fused-ring (bicyclic) bond motifs is 4. The van der Waals surface area contributed by atoms with Crippen LogP contribution in [0, 0.1) is 18.6 Å². The highest BCUT2D eigenvalue weighted by molar-refractivity contribution is 5.29. The molecular formula is C17H17F2N3. The molecule has 1 aromatic carbocycles. The smallest absolute Gasteiger partial charge is 0.126 e. The Bertz CT molecular complexity index is 712. The molecule has 0 radical (unpaired) electrons. The van der Waals surface area contributed by atoms with E-state index in [4.69, 9.17) is 0 Å². The second-order valence-electron chi connectivity index (χ2n) is 6.22. The lowest BCUT2D eigenvalue weighted by Gasteiger charge is -2.35. The maximum absolute atomic E-state index is 13.4. The molecule has 0 spiro atoms. The average Bonchev–Trinajstić information content (AvgIpc) is 2.72. The van der Waals surface area contributed by atoms with Gasteiger partial charge in [0.25, 0.3) is 0 Å². The van der Waals surface area contributed by atoms with E-state index in [-0.39, 0.29) is 6.04 Å². The van der Waals surface area contributed by atoms with Crippen molar-refractivity contribution in [2.45, 2.75) is 44.8 Å². The van der Waals surface area contributed by atoms with Crippen LogP contribution in [0.5, 0.6) is 0 Å². The quantitative estimate of drug-likeness (QED) is 0.852. The number of hydrogen-bond acceptors (Lipinski definition) is 3. The summed E-state index contributed by atoms with van der Waals surface area (Å²) in [6.45, 7) is 2.47. The normalized spacial score (nSPS) is 23.6. The Morgan fingerprint density at radius 2 is 1.95 bits per heavy atom. The molecule has 2 aromatic rings. The zero-order valence-corrected chi connectivity index (χ0v) is 12.4. The number of nitrogens with zero attached hydrogens (tertiary/aromatic N) is 3. The third-order valence-corrected chi connectivity index (χ3v) is 4.74. The molecule has 3 heterocycles. The van der Waals surface area contributed by atoms with Crippen LogP contribution in [0.2, 0.25) is 0 Å². The number of halogens is 2. The van der Waals surface area contributed by atoms with Gasteiger partial charge in [0, 0.05) is 42.9 Å². The topological polar surface area (TPSA) is 29.0 Å². The summed E-state index contributed by atoms with van der Waals surface area (Å²) in [5, 5.41) is 0. The minimum absolute atomic E-state index is 0.265. The SMILES string of the molecule is Cc1ncc2c(n1)C[C@@H]1CC[C@H]2N1Cc1cc(F)cc(F)c1. The number of benzene rings is 1. The maximum Gasteiger partial charge on any atom is 0.126 e. The first-order chi connectivity index (χ1) is 10.6. The summed E-state index contributed by atoms with van der Waals surface area (Å²) in [5.74, 6) is -0.226. The third kappa shape index (κ3) is 2.29. The van der Waals surface area contributed by atoms with Crippen LogP contribution < -0.4 is 0 Å². The summed E-state index contributed by atoms with van der Waals surface area (Å²) in [5.41, 5.74) is 3.00. The lowest BCUT2D eigenvalue weighted by Crippen LogP contribution is -2.37. The van der Waals surface area contributed by atoms with Gasteiger partial charge in [-0.25, -0.2) is 18.7 Å². The van der Waals surface area contributed by atoms with Crippen molar-refractivity contribution in [2.75, 3.05) is 0 Å². The molecule has 1 fully saturated rings. The van der Waals surface area contributed by atoms with Crippen LogP contribution in [0.1, 0.15) is 41.5 Å². The highest BCUT2D eigenvalue weighted by Gasteiger charge is 2.40. The van der Waals surface area contributed by atoms with E-state index in [1.165, 1.54) is 17.7 Å². The first kappa shape index (κ1) is 13.8. The maximum atomic E-state index is 13.4. The lowest BCUT2D eigenvalue weighted by atomic mass is 9.98. The fourth-order valence-electron chi connectivity index (χ4n) is 3.83. The highest BCUT2D eigenvalue weighted by Crippen LogP contribution is 2.43. The molecule has 0 saturated carbocycles. The Labute approximate surface area is 128 Å². The van der Waals surface area contributed by atoms with Crippen LogP contribution >= 0.6 is 0 Å². The van der Waals surface area contributed by atoms with E-state index in [2.05, 4.69) is 14.9 Å². The Hall–Kier alpha value is -1.88. The first-order valence-electron chi connectivity index (χ1n) is 7.63. The first-order valence-corrected chi connectivity index (χ1v) is 7.63. The van der Waals surface area contributed by atoms with Gasteiger partial charge in [-0.15, -0.1) is 0 Å². The van der Waals surface area contributed by atoms with Crippen LogP contribution in [0.25, 0.3) is 0 Å². The van der Waals surface area contributed by atoms with Gasteiger partial charge >= 0.3 is 0 Å². The second-order valence-corrected chi connectivity index (χ2v) is 6.22. The average molecular weight is 301 g/mol. The van der Waals surface area contributed by atoms with E-state index in [0.29, 0.717) is 18.2 Å². The summed E-state index contributed by atoms with van der Waals surface area (Å²) in [6.07, 6.45) is 4.97. The zero-order valence-electron chi connectivity index (χ0n) is 12.4. The molecule has 2 aliphatic rings. The summed E-state index contributed by atoms with van der Waals surface area (Å²) < 4.78 is 26.8. The van der Waals surface area contributed by atoms with Crippen molar-refractivity contribution in [2.24, 2.45) is 0 Å². The van der Waals surface area contributed by atoms with Gasteiger partial charge in [0.05, 0.1) is 5.69 Å². The number of aromatic nitrogens is 2. The van der Waals surface area contributed by atoms with E-state index in [0.717, 1.165) is 36.8 Å². The predicted octanol–water partition coefficient (Wildman–Crippen LogP) is 3.33. The lowest BCUT2D eigenvalue weighted by molar-refractivity contribution is 0.165. The summed E-state index contributed by atoms with van der Waals surface area (Å²) >= 11 is 0. The molecule has 1 aromatic heterocycles. The second kappa shape index (κ2) is 5.09. The van der Waals surface area contributed by atoms with E-state index < -0.39 is 11.6 Å². The Balaban J connectivity index is 1.65. The van der Waals surface area contributed by atoms with Gasteiger partial charge in [0.15, 0.2) is 0 Å². The number of rotatable bonds is 2. The Morgan fingerprint density at radius 1 is 1.18 bits per heavy atom. The molecule has 2 aliphatic heterocycles. The van der Waals surface area contributed by atoms with Crippen molar-refractivity contribution in [3.05, 3.63) is 58.7 Å². The minimum Gasteiger partial charge on any atom is -0.289 e. The molecular weight excluding hydrogens is 284 g/mol. The van der Waals surface area contributed by atoms with Crippen LogP contribution in [0.3, 0.4) is 0 Å². The van der Waals surface area contributed by atoms with Crippen LogP contribution in [-0.4, -0.2) is 20.9 Å². The van der Waals surface area contributed by atoms with E-state index in [1.807, 2.05) is 13.1 Å². The number of hydrogen-bond donors (Lipinski definition) is 0. The fraction of sp³-hybridized carbons (Fsp3) is 0.412. The molecule has 0 N–H and O–H groups in total. The molecule has 0 unspecified atom stereocenters.